The fraction of sp³-hybridized carbons (Fsp3) is 0.500. The SMILES string of the molecule is O=C(Nc1cccc(OCCn2cccn2)c1)NC1CCN(C2CC2)CC1. The molecule has 1 aliphatic carbocycles. The van der Waals surface area contributed by atoms with Crippen molar-refractivity contribution < 1.29 is 9.53 Å². The van der Waals surface area contributed by atoms with Gasteiger partial charge >= 0.3 is 6.03 Å². The van der Waals surface area contributed by atoms with Gasteiger partial charge in [-0.15, -0.1) is 0 Å². The number of anilines is 1. The number of urea groups is 1. The highest BCUT2D eigenvalue weighted by Gasteiger charge is 2.32. The highest BCUT2D eigenvalue weighted by molar-refractivity contribution is 5.89. The number of nitrogens with one attached hydrogen (secondary N) is 2. The molecule has 7 nitrogen and oxygen atoms in total. The van der Waals surface area contributed by atoms with E-state index < -0.39 is 0 Å². The molecule has 2 amide bonds. The average molecular weight is 369 g/mol. The zero-order valence-electron chi connectivity index (χ0n) is 15.5. The molecule has 2 aromatic rings. The molecule has 4 rings (SSSR count). The third-order valence-corrected chi connectivity index (χ3v) is 5.17. The van der Waals surface area contributed by atoms with Crippen molar-refractivity contribution in [3.8, 4) is 5.75 Å². The largest absolute Gasteiger partial charge is 0.492 e. The number of carbonyl (C=O) groups excluding carboxylic acids is 1. The quantitative estimate of drug-likeness (QED) is 0.787. The number of carbonyl (C=O) groups is 1. The molecule has 1 saturated heterocycles. The molecule has 2 aliphatic rings. The van der Waals surface area contributed by atoms with Gasteiger partial charge in [-0.25, -0.2) is 4.79 Å². The van der Waals surface area contributed by atoms with Gasteiger partial charge in [0.05, 0.1) is 6.54 Å². The van der Waals surface area contributed by atoms with E-state index in [1.54, 1.807) is 6.20 Å². The maximum absolute atomic E-state index is 12.3. The van der Waals surface area contributed by atoms with E-state index in [9.17, 15) is 4.79 Å². The van der Waals surface area contributed by atoms with Gasteiger partial charge < -0.3 is 20.3 Å². The third kappa shape index (κ3) is 5.23. The van der Waals surface area contributed by atoms with E-state index in [0.29, 0.717) is 13.2 Å². The summed E-state index contributed by atoms with van der Waals surface area (Å²) in [5.41, 5.74) is 0.736. The molecule has 7 heteroatoms. The standard InChI is InChI=1S/C20H27N5O2/c26-20(22-16-7-11-24(12-8-16)18-5-6-18)23-17-3-1-4-19(15-17)27-14-13-25-10-2-9-21-25/h1-4,9-10,15-16,18H,5-8,11-14H2,(H2,22,23,26). The second kappa shape index (κ2) is 8.43. The number of aromatic nitrogens is 2. The molecule has 1 saturated carbocycles. The van der Waals surface area contributed by atoms with E-state index in [1.807, 2.05) is 41.2 Å². The van der Waals surface area contributed by atoms with E-state index >= 15 is 0 Å². The number of piperidine rings is 1. The summed E-state index contributed by atoms with van der Waals surface area (Å²) in [5, 5.41) is 10.2. The number of rotatable bonds is 7. The van der Waals surface area contributed by atoms with E-state index in [2.05, 4.69) is 20.6 Å². The number of amides is 2. The lowest BCUT2D eigenvalue weighted by molar-refractivity contribution is 0.189. The first-order chi connectivity index (χ1) is 13.3. The van der Waals surface area contributed by atoms with Gasteiger partial charge in [0.1, 0.15) is 12.4 Å². The van der Waals surface area contributed by atoms with Gasteiger partial charge in [0.15, 0.2) is 0 Å². The summed E-state index contributed by atoms with van der Waals surface area (Å²) >= 11 is 0. The van der Waals surface area contributed by atoms with Crippen molar-refractivity contribution in [3.05, 3.63) is 42.7 Å². The van der Waals surface area contributed by atoms with E-state index in [-0.39, 0.29) is 12.1 Å². The summed E-state index contributed by atoms with van der Waals surface area (Å²) in [6.07, 6.45) is 8.40. The minimum Gasteiger partial charge on any atom is -0.492 e. The minimum atomic E-state index is -0.145. The van der Waals surface area contributed by atoms with Crippen LogP contribution in [-0.4, -0.2) is 52.5 Å². The Balaban J connectivity index is 1.21. The molecule has 144 valence electrons. The van der Waals surface area contributed by atoms with Gasteiger partial charge in [-0.1, -0.05) is 6.07 Å². The molecule has 2 N–H and O–H groups in total. The van der Waals surface area contributed by atoms with Crippen LogP contribution in [0.15, 0.2) is 42.7 Å². The number of hydrogen-bond acceptors (Lipinski definition) is 4. The maximum Gasteiger partial charge on any atom is 0.319 e. The van der Waals surface area contributed by atoms with Gasteiger partial charge in [0, 0.05) is 49.3 Å². The highest BCUT2D eigenvalue weighted by Crippen LogP contribution is 2.29. The molecule has 0 spiro atoms. The average Bonchev–Trinajstić information content (AvgIpc) is 3.39. The van der Waals surface area contributed by atoms with Crippen LogP contribution < -0.4 is 15.4 Å². The first-order valence-corrected chi connectivity index (χ1v) is 9.78. The zero-order chi connectivity index (χ0) is 18.5. The van der Waals surface area contributed by atoms with Gasteiger partial charge in [-0.05, 0) is 43.9 Å². The third-order valence-electron chi connectivity index (χ3n) is 5.17. The lowest BCUT2D eigenvalue weighted by Crippen LogP contribution is -2.46. The van der Waals surface area contributed by atoms with Crippen LogP contribution in [0.3, 0.4) is 0 Å². The summed E-state index contributed by atoms with van der Waals surface area (Å²) in [5.74, 6) is 0.734. The molecule has 1 aliphatic heterocycles. The topological polar surface area (TPSA) is 71.4 Å². The normalized spacial score (nSPS) is 18.2. The van der Waals surface area contributed by atoms with Crippen molar-refractivity contribution in [2.75, 3.05) is 25.0 Å². The number of ether oxygens (including phenoxy) is 1. The number of benzene rings is 1. The van der Waals surface area contributed by atoms with E-state index in [1.165, 1.54) is 12.8 Å². The van der Waals surface area contributed by atoms with Crippen molar-refractivity contribution in [2.24, 2.45) is 0 Å². The van der Waals surface area contributed by atoms with Crippen LogP contribution in [0.5, 0.6) is 5.75 Å². The van der Waals surface area contributed by atoms with Gasteiger partial charge in [0.25, 0.3) is 0 Å². The number of nitrogens with zero attached hydrogens (tertiary/aromatic N) is 3. The van der Waals surface area contributed by atoms with Crippen molar-refractivity contribution in [2.45, 2.75) is 44.3 Å². The molecule has 0 atom stereocenters. The van der Waals surface area contributed by atoms with E-state index in [4.69, 9.17) is 4.74 Å². The summed E-state index contributed by atoms with van der Waals surface area (Å²) < 4.78 is 7.58. The smallest absolute Gasteiger partial charge is 0.319 e. The lowest BCUT2D eigenvalue weighted by atomic mass is 10.1. The first-order valence-electron chi connectivity index (χ1n) is 9.78. The summed E-state index contributed by atoms with van der Waals surface area (Å²) in [6, 6.07) is 10.3. The van der Waals surface area contributed by atoms with Gasteiger partial charge in [-0.3, -0.25) is 4.68 Å². The predicted molar refractivity (Wildman–Crippen MR) is 104 cm³/mol. The summed E-state index contributed by atoms with van der Waals surface area (Å²) in [4.78, 5) is 14.9. The molecule has 0 bridgehead atoms. The Morgan fingerprint density at radius 3 is 2.78 bits per heavy atom. The Bertz CT molecular complexity index is 737. The van der Waals surface area contributed by atoms with Crippen molar-refractivity contribution in [1.29, 1.82) is 0 Å². The Hall–Kier alpha value is -2.54. The maximum atomic E-state index is 12.3. The minimum absolute atomic E-state index is 0.145. The highest BCUT2D eigenvalue weighted by atomic mass is 16.5. The summed E-state index contributed by atoms with van der Waals surface area (Å²) in [7, 11) is 0. The molecule has 1 aromatic heterocycles. The fourth-order valence-corrected chi connectivity index (χ4v) is 3.55. The Kier molecular flexibility index (Phi) is 5.58. The monoisotopic (exact) mass is 369 g/mol. The predicted octanol–water partition coefficient (Wildman–Crippen LogP) is 2.71. The lowest BCUT2D eigenvalue weighted by Gasteiger charge is -2.32. The number of hydrogen-bond donors (Lipinski definition) is 2. The first kappa shape index (κ1) is 17.9. The molecule has 2 heterocycles. The van der Waals surface area contributed by atoms with Crippen LogP contribution in [0.2, 0.25) is 0 Å². The van der Waals surface area contributed by atoms with Crippen LogP contribution in [0.25, 0.3) is 0 Å². The zero-order valence-corrected chi connectivity index (χ0v) is 15.5. The Labute approximate surface area is 159 Å². The second-order valence-corrected chi connectivity index (χ2v) is 7.29. The molecular formula is C20H27N5O2. The molecule has 0 unspecified atom stereocenters. The molecular weight excluding hydrogens is 342 g/mol. The molecule has 27 heavy (non-hydrogen) atoms. The van der Waals surface area contributed by atoms with Crippen LogP contribution >= 0.6 is 0 Å². The van der Waals surface area contributed by atoms with Gasteiger partial charge in [0.2, 0.25) is 0 Å². The van der Waals surface area contributed by atoms with E-state index in [0.717, 1.165) is 43.4 Å². The summed E-state index contributed by atoms with van der Waals surface area (Å²) in [6.45, 7) is 3.39. The van der Waals surface area contributed by atoms with Crippen LogP contribution in [0.1, 0.15) is 25.7 Å². The Morgan fingerprint density at radius 1 is 1.19 bits per heavy atom. The van der Waals surface area contributed by atoms with Crippen molar-refractivity contribution in [1.82, 2.24) is 20.0 Å². The molecule has 2 fully saturated rings. The van der Waals surface area contributed by atoms with Gasteiger partial charge in [-0.2, -0.15) is 5.10 Å². The second-order valence-electron chi connectivity index (χ2n) is 7.29. The van der Waals surface area contributed by atoms with Crippen molar-refractivity contribution >= 4 is 11.7 Å². The number of likely N-dealkylation sites (tertiary alicyclic amines) is 1. The molecule has 1 aromatic carbocycles. The van der Waals surface area contributed by atoms with Crippen molar-refractivity contribution in [3.63, 3.8) is 0 Å². The van der Waals surface area contributed by atoms with Crippen LogP contribution in [0.4, 0.5) is 10.5 Å². The van der Waals surface area contributed by atoms with Crippen LogP contribution in [-0.2, 0) is 6.54 Å². The Morgan fingerprint density at radius 2 is 2.04 bits per heavy atom. The van der Waals surface area contributed by atoms with Crippen LogP contribution in [0, 0.1) is 0 Å². The molecule has 0 radical (unpaired) electrons. The fourth-order valence-electron chi connectivity index (χ4n) is 3.55.